The fraction of sp³-hybridized carbons (Fsp3) is 0.167. The molecule has 0 aromatic heterocycles. The van der Waals surface area contributed by atoms with Crippen LogP contribution >= 0.6 is 0 Å². The number of phenols is 1. The van der Waals surface area contributed by atoms with Crippen LogP contribution in [0.1, 0.15) is 21.8 Å². The van der Waals surface area contributed by atoms with E-state index in [0.717, 1.165) is 32.3 Å². The SMILES string of the molecule is COC(=O)C1=C(C(=O)OC)N(c2ccc(C(=O)OC)c(O)c2)C(N)=C(C#N)C1c1ccccc1. The second-order valence-corrected chi connectivity index (χ2v) is 7.03. The third kappa shape index (κ3) is 4.02. The van der Waals surface area contributed by atoms with Crippen molar-refractivity contribution in [1.29, 1.82) is 5.26 Å². The van der Waals surface area contributed by atoms with Gasteiger partial charge in [-0.2, -0.15) is 5.26 Å². The number of ether oxygens (including phenoxy) is 3. The molecule has 174 valence electrons. The number of hydrogen-bond acceptors (Lipinski definition) is 10. The van der Waals surface area contributed by atoms with Gasteiger partial charge in [-0.25, -0.2) is 14.4 Å². The van der Waals surface area contributed by atoms with E-state index < -0.39 is 29.6 Å². The second kappa shape index (κ2) is 9.79. The van der Waals surface area contributed by atoms with Gasteiger partial charge in [0.1, 0.15) is 22.8 Å². The molecule has 1 aliphatic rings. The number of methoxy groups -OCH3 is 3. The van der Waals surface area contributed by atoms with Crippen LogP contribution in [0, 0.1) is 11.3 Å². The van der Waals surface area contributed by atoms with Gasteiger partial charge in [0.05, 0.1) is 50.2 Å². The highest BCUT2D eigenvalue weighted by Gasteiger charge is 2.43. The Balaban J connectivity index is 2.37. The Morgan fingerprint density at radius 3 is 2.12 bits per heavy atom. The van der Waals surface area contributed by atoms with E-state index in [1.165, 1.54) is 12.1 Å². The van der Waals surface area contributed by atoms with Gasteiger partial charge < -0.3 is 25.1 Å². The lowest BCUT2D eigenvalue weighted by Crippen LogP contribution is -2.40. The summed E-state index contributed by atoms with van der Waals surface area (Å²) in [5.41, 5.74) is 6.33. The first-order valence-electron chi connectivity index (χ1n) is 9.87. The molecule has 1 aliphatic heterocycles. The van der Waals surface area contributed by atoms with Crippen LogP contribution in [-0.4, -0.2) is 44.3 Å². The zero-order valence-corrected chi connectivity index (χ0v) is 18.6. The van der Waals surface area contributed by atoms with E-state index in [1.54, 1.807) is 30.3 Å². The number of nitriles is 1. The summed E-state index contributed by atoms with van der Waals surface area (Å²) in [4.78, 5) is 38.9. The van der Waals surface area contributed by atoms with Crippen LogP contribution in [0.15, 0.2) is 71.2 Å². The zero-order valence-electron chi connectivity index (χ0n) is 18.6. The van der Waals surface area contributed by atoms with E-state index in [1.807, 2.05) is 6.07 Å². The molecule has 0 spiro atoms. The number of nitrogens with zero attached hydrogens (tertiary/aromatic N) is 2. The molecule has 0 radical (unpaired) electrons. The third-order valence-electron chi connectivity index (χ3n) is 5.26. The summed E-state index contributed by atoms with van der Waals surface area (Å²) in [5, 5.41) is 20.4. The van der Waals surface area contributed by atoms with Crippen molar-refractivity contribution >= 4 is 23.6 Å². The second-order valence-electron chi connectivity index (χ2n) is 7.03. The van der Waals surface area contributed by atoms with Gasteiger partial charge in [0, 0.05) is 6.07 Å². The van der Waals surface area contributed by atoms with Gasteiger partial charge >= 0.3 is 17.9 Å². The molecule has 0 aliphatic carbocycles. The number of benzene rings is 2. The highest BCUT2D eigenvalue weighted by molar-refractivity contribution is 6.06. The standard InChI is InChI=1S/C24H21N3O7/c1-32-22(29)15-10-9-14(11-17(15)28)27-20(24(31)34-3)19(23(30)33-2)18(16(12-25)21(27)26)13-7-5-4-6-8-13/h4-11,18,28H,26H2,1-3H3. The van der Waals surface area contributed by atoms with Gasteiger partial charge in [0.25, 0.3) is 0 Å². The predicted octanol–water partition coefficient (Wildman–Crippen LogP) is 2.08. The molecular weight excluding hydrogens is 442 g/mol. The van der Waals surface area contributed by atoms with Crippen molar-refractivity contribution in [2.24, 2.45) is 5.73 Å². The van der Waals surface area contributed by atoms with Gasteiger partial charge in [-0.15, -0.1) is 0 Å². The van der Waals surface area contributed by atoms with E-state index in [4.69, 9.17) is 15.2 Å². The van der Waals surface area contributed by atoms with E-state index in [2.05, 4.69) is 4.74 Å². The molecule has 1 unspecified atom stereocenters. The Morgan fingerprint density at radius 2 is 1.59 bits per heavy atom. The number of rotatable bonds is 5. The van der Waals surface area contributed by atoms with Crippen LogP contribution in [-0.2, 0) is 23.8 Å². The number of phenolic OH excluding ortho intramolecular Hbond substituents is 1. The zero-order chi connectivity index (χ0) is 25.0. The van der Waals surface area contributed by atoms with Gasteiger partial charge in [-0.05, 0) is 17.7 Å². The normalized spacial score (nSPS) is 15.5. The first kappa shape index (κ1) is 23.9. The molecule has 0 saturated carbocycles. The first-order valence-corrected chi connectivity index (χ1v) is 9.87. The molecule has 1 atom stereocenters. The number of hydrogen-bond donors (Lipinski definition) is 2. The molecule has 0 fully saturated rings. The van der Waals surface area contributed by atoms with Crippen molar-refractivity contribution < 1.29 is 33.7 Å². The van der Waals surface area contributed by atoms with Crippen LogP contribution in [0.4, 0.5) is 5.69 Å². The summed E-state index contributed by atoms with van der Waals surface area (Å²) >= 11 is 0. The van der Waals surface area contributed by atoms with Crippen LogP contribution < -0.4 is 10.6 Å². The minimum absolute atomic E-state index is 0.0317. The van der Waals surface area contributed by atoms with E-state index in [-0.39, 0.29) is 33.9 Å². The molecular formula is C24H21N3O7. The fourth-order valence-electron chi connectivity index (χ4n) is 3.72. The third-order valence-corrected chi connectivity index (χ3v) is 5.26. The number of anilines is 1. The molecule has 3 N–H and O–H groups in total. The molecule has 0 saturated heterocycles. The molecule has 2 aromatic rings. The molecule has 1 heterocycles. The van der Waals surface area contributed by atoms with Crippen LogP contribution in [0.25, 0.3) is 0 Å². The smallest absolute Gasteiger partial charge is 0.355 e. The Morgan fingerprint density at radius 1 is 0.971 bits per heavy atom. The number of nitrogens with two attached hydrogens (primary N) is 1. The van der Waals surface area contributed by atoms with Crippen molar-refractivity contribution in [3.63, 3.8) is 0 Å². The average Bonchev–Trinajstić information content (AvgIpc) is 2.86. The minimum atomic E-state index is -1.02. The lowest BCUT2D eigenvalue weighted by molar-refractivity contribution is -0.139. The van der Waals surface area contributed by atoms with Crippen molar-refractivity contribution in [2.45, 2.75) is 5.92 Å². The minimum Gasteiger partial charge on any atom is -0.507 e. The van der Waals surface area contributed by atoms with Crippen molar-refractivity contribution in [3.05, 3.63) is 82.3 Å². The lowest BCUT2D eigenvalue weighted by atomic mass is 9.81. The maximum absolute atomic E-state index is 13.0. The Hall–Kier alpha value is -4.78. The summed E-state index contributed by atoms with van der Waals surface area (Å²) in [7, 11) is 3.42. The first-order chi connectivity index (χ1) is 16.3. The number of carbonyl (C=O) groups is 3. The molecule has 0 bridgehead atoms. The van der Waals surface area contributed by atoms with E-state index in [0.29, 0.717) is 5.56 Å². The van der Waals surface area contributed by atoms with Crippen molar-refractivity contribution in [2.75, 3.05) is 26.2 Å². The summed E-state index contributed by atoms with van der Waals surface area (Å²) in [6.07, 6.45) is 0. The van der Waals surface area contributed by atoms with Gasteiger partial charge in [-0.1, -0.05) is 30.3 Å². The van der Waals surface area contributed by atoms with Gasteiger partial charge in [-0.3, -0.25) is 4.90 Å². The summed E-state index contributed by atoms with van der Waals surface area (Å²) in [6.45, 7) is 0. The number of aromatic hydroxyl groups is 1. The summed E-state index contributed by atoms with van der Waals surface area (Å²) in [6, 6.07) is 14.3. The summed E-state index contributed by atoms with van der Waals surface area (Å²) < 4.78 is 14.5. The van der Waals surface area contributed by atoms with E-state index >= 15 is 0 Å². The molecule has 34 heavy (non-hydrogen) atoms. The number of esters is 3. The molecule has 2 aromatic carbocycles. The maximum Gasteiger partial charge on any atom is 0.355 e. The highest BCUT2D eigenvalue weighted by atomic mass is 16.5. The highest BCUT2D eigenvalue weighted by Crippen LogP contribution is 2.43. The summed E-state index contributed by atoms with van der Waals surface area (Å²) in [5.74, 6) is -4.26. The van der Waals surface area contributed by atoms with Gasteiger partial charge in [0.2, 0.25) is 0 Å². The maximum atomic E-state index is 13.0. The van der Waals surface area contributed by atoms with Crippen LogP contribution in [0.5, 0.6) is 5.75 Å². The van der Waals surface area contributed by atoms with Crippen molar-refractivity contribution in [3.8, 4) is 11.8 Å². The molecule has 3 rings (SSSR count). The Labute approximate surface area is 195 Å². The Kier molecular flexibility index (Phi) is 6.87. The fourth-order valence-corrected chi connectivity index (χ4v) is 3.72. The molecule has 0 amide bonds. The number of allylic oxidation sites excluding steroid dienone is 1. The van der Waals surface area contributed by atoms with E-state index in [9.17, 15) is 24.8 Å². The van der Waals surface area contributed by atoms with Crippen LogP contribution in [0.3, 0.4) is 0 Å². The predicted molar refractivity (Wildman–Crippen MR) is 119 cm³/mol. The quantitative estimate of drug-likeness (QED) is 0.498. The van der Waals surface area contributed by atoms with Gasteiger partial charge in [0.15, 0.2) is 0 Å². The average molecular weight is 463 g/mol. The largest absolute Gasteiger partial charge is 0.507 e. The molecule has 10 heteroatoms. The lowest BCUT2D eigenvalue weighted by Gasteiger charge is -2.36. The van der Waals surface area contributed by atoms with Crippen LogP contribution in [0.2, 0.25) is 0 Å². The monoisotopic (exact) mass is 463 g/mol. The topological polar surface area (TPSA) is 152 Å². The molecule has 10 nitrogen and oxygen atoms in total. The Bertz CT molecular complexity index is 1260. The van der Waals surface area contributed by atoms with Crippen molar-refractivity contribution in [1.82, 2.24) is 0 Å². The number of carbonyl (C=O) groups excluding carboxylic acids is 3.